The lowest BCUT2D eigenvalue weighted by Crippen LogP contribution is -2.29. The van der Waals surface area contributed by atoms with Crippen molar-refractivity contribution < 1.29 is 17.5 Å². The van der Waals surface area contributed by atoms with Gasteiger partial charge in [0.15, 0.2) is 0 Å². The van der Waals surface area contributed by atoms with Gasteiger partial charge in [0.2, 0.25) is 10.0 Å². The van der Waals surface area contributed by atoms with E-state index in [1.807, 2.05) is 24.3 Å². The Kier molecular flexibility index (Phi) is 6.12. The smallest absolute Gasteiger partial charge is 0.211 e. The average molecular weight is 337 g/mol. The van der Waals surface area contributed by atoms with E-state index in [1.54, 1.807) is 19.2 Å². The van der Waals surface area contributed by atoms with E-state index in [2.05, 4.69) is 4.72 Å². The van der Waals surface area contributed by atoms with Crippen molar-refractivity contribution >= 4 is 10.0 Å². The Hall–Kier alpha value is -1.92. The minimum absolute atomic E-state index is 0.0174. The van der Waals surface area contributed by atoms with Crippen LogP contribution in [0.2, 0.25) is 0 Å². The van der Waals surface area contributed by atoms with Crippen LogP contribution in [0.1, 0.15) is 11.1 Å². The molecular weight excluding hydrogens is 317 g/mol. The third kappa shape index (κ3) is 6.00. The number of rotatable bonds is 8. The van der Waals surface area contributed by atoms with Crippen molar-refractivity contribution in [3.8, 4) is 5.75 Å². The summed E-state index contributed by atoms with van der Waals surface area (Å²) >= 11 is 0. The zero-order chi connectivity index (χ0) is 16.7. The van der Waals surface area contributed by atoms with E-state index in [1.165, 1.54) is 12.1 Å². The summed E-state index contributed by atoms with van der Waals surface area (Å²) in [4.78, 5) is 0. The fourth-order valence-electron chi connectivity index (χ4n) is 2.15. The van der Waals surface area contributed by atoms with Crippen molar-refractivity contribution in [1.82, 2.24) is 4.72 Å². The summed E-state index contributed by atoms with van der Waals surface area (Å²) < 4.78 is 44.5. The Morgan fingerprint density at radius 3 is 2.48 bits per heavy atom. The number of nitrogens with one attached hydrogen (secondary N) is 1. The first-order valence-corrected chi connectivity index (χ1v) is 8.98. The minimum atomic E-state index is -3.34. The monoisotopic (exact) mass is 337 g/mol. The van der Waals surface area contributed by atoms with Crippen molar-refractivity contribution in [1.29, 1.82) is 0 Å². The second-order valence-electron chi connectivity index (χ2n) is 5.19. The second-order valence-corrected chi connectivity index (χ2v) is 7.12. The lowest BCUT2D eigenvalue weighted by atomic mass is 10.1. The molecule has 0 radical (unpaired) electrons. The Morgan fingerprint density at radius 2 is 1.78 bits per heavy atom. The van der Waals surface area contributed by atoms with Gasteiger partial charge >= 0.3 is 0 Å². The Bertz CT molecular complexity index is 730. The zero-order valence-corrected chi connectivity index (χ0v) is 13.8. The van der Waals surface area contributed by atoms with Crippen LogP contribution >= 0.6 is 0 Å². The zero-order valence-electron chi connectivity index (χ0n) is 13.0. The summed E-state index contributed by atoms with van der Waals surface area (Å²) in [6, 6.07) is 13.4. The van der Waals surface area contributed by atoms with Gasteiger partial charge in [-0.3, -0.25) is 0 Å². The number of benzene rings is 2. The molecule has 0 saturated heterocycles. The molecule has 6 heteroatoms. The summed E-state index contributed by atoms with van der Waals surface area (Å²) in [6.07, 6.45) is 0.946. The molecule has 0 aliphatic rings. The molecule has 0 amide bonds. The molecule has 0 fully saturated rings. The lowest BCUT2D eigenvalue weighted by Gasteiger charge is -2.08. The van der Waals surface area contributed by atoms with Crippen LogP contribution in [0.25, 0.3) is 0 Å². The van der Waals surface area contributed by atoms with Gasteiger partial charge in [-0.05, 0) is 48.2 Å². The Labute approximate surface area is 136 Å². The summed E-state index contributed by atoms with van der Waals surface area (Å²) in [5.41, 5.74) is 1.80. The van der Waals surface area contributed by atoms with Crippen LogP contribution in [0.5, 0.6) is 5.75 Å². The maximum atomic E-state index is 12.8. The molecular formula is C17H20FNO3S. The van der Waals surface area contributed by atoms with E-state index in [-0.39, 0.29) is 11.6 Å². The fourth-order valence-corrected chi connectivity index (χ4v) is 3.22. The van der Waals surface area contributed by atoms with Gasteiger partial charge in [-0.1, -0.05) is 24.3 Å². The third-order valence-corrected chi connectivity index (χ3v) is 4.83. The van der Waals surface area contributed by atoms with Gasteiger partial charge in [0.05, 0.1) is 12.9 Å². The quantitative estimate of drug-likeness (QED) is 0.805. The van der Waals surface area contributed by atoms with E-state index < -0.39 is 10.0 Å². The Morgan fingerprint density at radius 1 is 1.04 bits per heavy atom. The van der Waals surface area contributed by atoms with Gasteiger partial charge in [0.25, 0.3) is 0 Å². The predicted octanol–water partition coefficient (Wildman–Crippen LogP) is 2.54. The van der Waals surface area contributed by atoms with Crippen molar-refractivity contribution in [2.75, 3.05) is 19.4 Å². The molecule has 2 rings (SSSR count). The third-order valence-electron chi connectivity index (χ3n) is 3.44. The molecule has 0 aliphatic heterocycles. The van der Waals surface area contributed by atoms with Crippen LogP contribution in [0, 0.1) is 5.82 Å². The summed E-state index contributed by atoms with van der Waals surface area (Å²) in [5.74, 6) is 0.431. The Balaban J connectivity index is 1.80. The minimum Gasteiger partial charge on any atom is -0.497 e. The number of sulfonamides is 1. The molecule has 0 heterocycles. The predicted molar refractivity (Wildman–Crippen MR) is 88.6 cm³/mol. The molecule has 0 aliphatic carbocycles. The van der Waals surface area contributed by atoms with Crippen LogP contribution in [-0.2, 0) is 22.9 Å². The number of ether oxygens (including phenoxy) is 1. The van der Waals surface area contributed by atoms with Crippen molar-refractivity contribution in [2.24, 2.45) is 0 Å². The molecule has 0 saturated carbocycles. The number of hydrogen-bond donors (Lipinski definition) is 1. The largest absolute Gasteiger partial charge is 0.497 e. The van der Waals surface area contributed by atoms with E-state index in [0.717, 1.165) is 11.1 Å². The maximum Gasteiger partial charge on any atom is 0.211 e. The van der Waals surface area contributed by atoms with E-state index in [0.29, 0.717) is 25.1 Å². The van der Waals surface area contributed by atoms with E-state index in [4.69, 9.17) is 4.74 Å². The molecule has 4 nitrogen and oxygen atoms in total. The summed E-state index contributed by atoms with van der Waals surface area (Å²) in [7, 11) is -1.77. The van der Waals surface area contributed by atoms with Crippen LogP contribution in [-0.4, -0.2) is 27.8 Å². The normalized spacial score (nSPS) is 11.4. The first-order valence-electron chi connectivity index (χ1n) is 7.33. The van der Waals surface area contributed by atoms with Gasteiger partial charge in [-0.15, -0.1) is 0 Å². The van der Waals surface area contributed by atoms with Crippen LogP contribution in [0.15, 0.2) is 48.5 Å². The van der Waals surface area contributed by atoms with Gasteiger partial charge in [0, 0.05) is 6.54 Å². The van der Waals surface area contributed by atoms with Crippen LogP contribution in [0.3, 0.4) is 0 Å². The molecule has 23 heavy (non-hydrogen) atoms. The molecule has 0 unspecified atom stereocenters. The molecule has 0 aromatic heterocycles. The van der Waals surface area contributed by atoms with Crippen molar-refractivity contribution in [3.63, 3.8) is 0 Å². The van der Waals surface area contributed by atoms with Gasteiger partial charge < -0.3 is 4.74 Å². The van der Waals surface area contributed by atoms with Gasteiger partial charge in [-0.25, -0.2) is 17.5 Å². The second kappa shape index (κ2) is 8.08. The average Bonchev–Trinajstić information content (AvgIpc) is 2.55. The van der Waals surface area contributed by atoms with E-state index >= 15 is 0 Å². The molecule has 2 aromatic carbocycles. The lowest BCUT2D eigenvalue weighted by molar-refractivity contribution is 0.414. The van der Waals surface area contributed by atoms with Gasteiger partial charge in [-0.2, -0.15) is 0 Å². The summed E-state index contributed by atoms with van der Waals surface area (Å²) in [5, 5.41) is 0. The molecule has 0 spiro atoms. The van der Waals surface area contributed by atoms with Crippen LogP contribution < -0.4 is 9.46 Å². The number of halogens is 1. The van der Waals surface area contributed by atoms with Crippen molar-refractivity contribution in [2.45, 2.75) is 12.8 Å². The van der Waals surface area contributed by atoms with Gasteiger partial charge in [0.1, 0.15) is 11.6 Å². The highest BCUT2D eigenvalue weighted by atomic mass is 32.2. The maximum absolute atomic E-state index is 12.8. The topological polar surface area (TPSA) is 55.4 Å². The summed E-state index contributed by atoms with van der Waals surface area (Å²) in [6.45, 7) is 0.298. The molecule has 124 valence electrons. The first kappa shape index (κ1) is 17.4. The number of methoxy groups -OCH3 is 1. The molecule has 0 atom stereocenters. The SMILES string of the molecule is COc1cccc(CCS(=O)(=O)NCCc2ccc(F)cc2)c1. The van der Waals surface area contributed by atoms with Crippen LogP contribution in [0.4, 0.5) is 4.39 Å². The highest BCUT2D eigenvalue weighted by molar-refractivity contribution is 7.89. The number of aryl methyl sites for hydroxylation is 1. The number of hydrogen-bond acceptors (Lipinski definition) is 3. The molecule has 1 N–H and O–H groups in total. The standard InChI is InChI=1S/C17H20FNO3S/c1-22-17-4-2-3-15(13-17)10-12-23(20,21)19-11-9-14-5-7-16(18)8-6-14/h2-8,13,19H,9-12H2,1H3. The molecule has 2 aromatic rings. The molecule has 0 bridgehead atoms. The first-order chi connectivity index (χ1) is 11.0. The van der Waals surface area contributed by atoms with Crippen molar-refractivity contribution in [3.05, 3.63) is 65.5 Å². The fraction of sp³-hybridized carbons (Fsp3) is 0.294. The highest BCUT2D eigenvalue weighted by Crippen LogP contribution is 2.13. The highest BCUT2D eigenvalue weighted by Gasteiger charge is 2.10. The van der Waals surface area contributed by atoms with E-state index in [9.17, 15) is 12.8 Å².